The van der Waals surface area contributed by atoms with Crippen LogP contribution in [0.5, 0.6) is 0 Å². The Kier molecular flexibility index (Phi) is 7.92. The number of ether oxygens (including phenoxy) is 1. The van der Waals surface area contributed by atoms with Gasteiger partial charge in [0.05, 0.1) is 5.56 Å². The molecule has 3 rings (SSSR count). The number of fused-ring (bicyclic) bond motifs is 1. The topological polar surface area (TPSA) is 92.7 Å². The molecular formula is C24H27Cl2N2O5+. The lowest BCUT2D eigenvalue weighted by molar-refractivity contribution is -0.147. The minimum absolute atomic E-state index is 0.00591. The van der Waals surface area contributed by atoms with Gasteiger partial charge in [-0.15, -0.1) is 10.0 Å². The molecule has 0 fully saturated rings. The predicted molar refractivity (Wildman–Crippen MR) is 127 cm³/mol. The molecular weight excluding hydrogens is 467 g/mol. The van der Waals surface area contributed by atoms with Crippen LogP contribution in [0.25, 0.3) is 0 Å². The van der Waals surface area contributed by atoms with Crippen LogP contribution in [-0.2, 0) is 19.1 Å². The van der Waals surface area contributed by atoms with Crippen molar-refractivity contribution in [1.82, 2.24) is 10.0 Å². The smallest absolute Gasteiger partial charge is 0.363 e. The summed E-state index contributed by atoms with van der Waals surface area (Å²) in [7, 11) is 0. The van der Waals surface area contributed by atoms with E-state index in [9.17, 15) is 19.5 Å². The van der Waals surface area contributed by atoms with Gasteiger partial charge in [0.1, 0.15) is 18.4 Å². The SMILES string of the molecule is CC(=O)C[C@H](N[N+]1(CC(C)C)C(=O)CO[C@@H](c2ccccc2Cl)c2cc(Cl)ccc21)C(=O)O. The molecule has 0 saturated heterocycles. The fourth-order valence-electron chi connectivity index (χ4n) is 4.20. The third-order valence-electron chi connectivity index (χ3n) is 5.48. The highest BCUT2D eigenvalue weighted by molar-refractivity contribution is 6.31. The van der Waals surface area contributed by atoms with Gasteiger partial charge in [0.2, 0.25) is 0 Å². The van der Waals surface area contributed by atoms with E-state index in [0.29, 0.717) is 26.9 Å². The van der Waals surface area contributed by atoms with Crippen LogP contribution in [0.4, 0.5) is 5.69 Å². The van der Waals surface area contributed by atoms with Crippen molar-refractivity contribution in [2.24, 2.45) is 5.92 Å². The van der Waals surface area contributed by atoms with Crippen LogP contribution in [0.3, 0.4) is 0 Å². The molecule has 0 spiro atoms. The summed E-state index contributed by atoms with van der Waals surface area (Å²) in [6.45, 7) is 5.13. The highest BCUT2D eigenvalue weighted by Gasteiger charge is 2.49. The second kappa shape index (κ2) is 10.3. The molecule has 0 radical (unpaired) electrons. The number of carboxylic acid groups (broad SMARTS) is 1. The summed E-state index contributed by atoms with van der Waals surface area (Å²) in [6.07, 6.45) is -0.959. The van der Waals surface area contributed by atoms with Gasteiger partial charge >= 0.3 is 11.9 Å². The minimum Gasteiger partial charge on any atom is -0.480 e. The lowest BCUT2D eigenvalue weighted by atomic mass is 9.98. The number of nitrogens with one attached hydrogen (secondary N) is 1. The van der Waals surface area contributed by atoms with Gasteiger partial charge in [0, 0.05) is 34.0 Å². The fraction of sp³-hybridized carbons (Fsp3) is 0.375. The van der Waals surface area contributed by atoms with Crippen LogP contribution in [-0.4, -0.2) is 42.0 Å². The molecule has 176 valence electrons. The number of carbonyl (C=O) groups excluding carboxylic acids is 2. The second-order valence-electron chi connectivity index (χ2n) is 8.62. The van der Waals surface area contributed by atoms with Gasteiger partial charge in [-0.05, 0) is 25.1 Å². The Morgan fingerprint density at radius 2 is 1.88 bits per heavy atom. The average molecular weight is 494 g/mol. The number of benzene rings is 2. The zero-order valence-electron chi connectivity index (χ0n) is 18.7. The number of Topliss-reactive ketones (excluding diaryl/α,β-unsaturated/α-hetero) is 1. The monoisotopic (exact) mass is 493 g/mol. The van der Waals surface area contributed by atoms with E-state index < -0.39 is 22.7 Å². The Morgan fingerprint density at radius 3 is 2.48 bits per heavy atom. The number of nitrogens with zero attached hydrogens (tertiary/aromatic N) is 1. The third kappa shape index (κ3) is 5.45. The summed E-state index contributed by atoms with van der Waals surface area (Å²) in [5.74, 6) is -1.91. The molecule has 0 aromatic heterocycles. The van der Waals surface area contributed by atoms with Crippen molar-refractivity contribution in [2.75, 3.05) is 13.2 Å². The molecule has 1 heterocycles. The molecule has 1 unspecified atom stereocenters. The van der Waals surface area contributed by atoms with Crippen LogP contribution in [0.2, 0.25) is 10.0 Å². The van der Waals surface area contributed by atoms with E-state index in [4.69, 9.17) is 27.9 Å². The summed E-state index contributed by atoms with van der Waals surface area (Å²) in [5, 5.41) is 10.7. The zero-order valence-corrected chi connectivity index (χ0v) is 20.2. The van der Waals surface area contributed by atoms with Gasteiger partial charge in [-0.2, -0.15) is 0 Å². The number of rotatable bonds is 8. The second-order valence-corrected chi connectivity index (χ2v) is 9.47. The van der Waals surface area contributed by atoms with E-state index >= 15 is 0 Å². The molecule has 0 saturated carbocycles. The number of hydrogen-bond donors (Lipinski definition) is 2. The first-order valence-corrected chi connectivity index (χ1v) is 11.4. The van der Waals surface area contributed by atoms with E-state index in [0.717, 1.165) is 0 Å². The lowest BCUT2D eigenvalue weighted by Gasteiger charge is -2.37. The average Bonchev–Trinajstić information content (AvgIpc) is 2.83. The first-order valence-electron chi connectivity index (χ1n) is 10.6. The van der Waals surface area contributed by atoms with Crippen LogP contribution < -0.4 is 10.0 Å². The van der Waals surface area contributed by atoms with E-state index in [-0.39, 0.29) is 37.2 Å². The van der Waals surface area contributed by atoms with Crippen LogP contribution in [0, 0.1) is 5.92 Å². The molecule has 33 heavy (non-hydrogen) atoms. The Bertz CT molecular complexity index is 1070. The van der Waals surface area contributed by atoms with Crippen molar-refractivity contribution in [3.05, 3.63) is 63.6 Å². The largest absolute Gasteiger partial charge is 0.480 e. The van der Waals surface area contributed by atoms with Crippen LogP contribution in [0.15, 0.2) is 42.5 Å². The highest BCUT2D eigenvalue weighted by atomic mass is 35.5. The van der Waals surface area contributed by atoms with Crippen LogP contribution >= 0.6 is 23.2 Å². The molecule has 1 aliphatic rings. The molecule has 2 aromatic rings. The van der Waals surface area contributed by atoms with Crippen molar-refractivity contribution < 1.29 is 24.2 Å². The van der Waals surface area contributed by atoms with E-state index in [1.807, 2.05) is 26.0 Å². The number of halogens is 2. The van der Waals surface area contributed by atoms with E-state index in [1.165, 1.54) is 6.92 Å². The first kappa shape index (κ1) is 25.3. The number of ketones is 1. The fourth-order valence-corrected chi connectivity index (χ4v) is 4.62. The maximum Gasteiger partial charge on any atom is 0.363 e. The number of hydrogen-bond acceptors (Lipinski definition) is 5. The number of aliphatic carboxylic acids is 1. The Morgan fingerprint density at radius 1 is 1.18 bits per heavy atom. The molecule has 1 amide bonds. The van der Waals surface area contributed by atoms with E-state index in [1.54, 1.807) is 30.3 Å². The molecule has 3 atom stereocenters. The quantitative estimate of drug-likeness (QED) is 0.524. The number of quaternary nitrogens is 1. The number of carbonyl (C=O) groups is 3. The molecule has 2 N–H and O–H groups in total. The van der Waals surface area contributed by atoms with Crippen molar-refractivity contribution in [1.29, 1.82) is 0 Å². The summed E-state index contributed by atoms with van der Waals surface area (Å²) in [6, 6.07) is 11.0. The number of carboxylic acids is 1. The van der Waals surface area contributed by atoms with Gasteiger partial charge in [0.25, 0.3) is 0 Å². The Labute approximate surface area is 202 Å². The summed E-state index contributed by atoms with van der Waals surface area (Å²) < 4.78 is 5.57. The van der Waals surface area contributed by atoms with Crippen molar-refractivity contribution in [3.63, 3.8) is 0 Å². The van der Waals surface area contributed by atoms with Gasteiger partial charge in [-0.1, -0.05) is 55.2 Å². The molecule has 0 aliphatic carbocycles. The standard InChI is InChI=1S/C24H26Cl2N2O5/c1-14(2)12-28(27-20(24(31)32)10-15(3)29)21-9-8-16(25)11-18(21)23(33-13-22(28)30)17-6-4-5-7-19(17)26/h4-9,11,14,20,23,27H,10,12-13H2,1-3H3/p+1/t20-,23-,28?/m0/s1. The van der Waals surface area contributed by atoms with Gasteiger partial charge in [-0.3, -0.25) is 9.59 Å². The zero-order chi connectivity index (χ0) is 24.3. The maximum absolute atomic E-state index is 13.7. The van der Waals surface area contributed by atoms with Crippen LogP contribution in [0.1, 0.15) is 44.4 Å². The van der Waals surface area contributed by atoms with Gasteiger partial charge in [0.15, 0.2) is 18.3 Å². The van der Waals surface area contributed by atoms with E-state index in [2.05, 4.69) is 5.43 Å². The normalized spacial score (nSPS) is 21.4. The molecule has 7 nitrogen and oxygen atoms in total. The summed E-state index contributed by atoms with van der Waals surface area (Å²) in [5.41, 5.74) is 4.77. The molecule has 2 aromatic carbocycles. The minimum atomic E-state index is -1.27. The Hall–Kier alpha value is -2.29. The predicted octanol–water partition coefficient (Wildman–Crippen LogP) is 4.54. The van der Waals surface area contributed by atoms with Crippen molar-refractivity contribution in [2.45, 2.75) is 39.3 Å². The summed E-state index contributed by atoms with van der Waals surface area (Å²) >= 11 is 12.8. The maximum atomic E-state index is 13.7. The van der Waals surface area contributed by atoms with Gasteiger partial charge in [-0.25, -0.2) is 4.79 Å². The Balaban J connectivity index is 2.26. The first-order chi connectivity index (χ1) is 15.5. The molecule has 9 heteroatoms. The molecule has 0 bridgehead atoms. The van der Waals surface area contributed by atoms with Crippen molar-refractivity contribution >= 4 is 46.5 Å². The lowest BCUT2D eigenvalue weighted by Crippen LogP contribution is -2.69. The van der Waals surface area contributed by atoms with Gasteiger partial charge < -0.3 is 9.84 Å². The number of amides is 1. The third-order valence-corrected chi connectivity index (χ3v) is 6.05. The summed E-state index contributed by atoms with van der Waals surface area (Å²) in [4.78, 5) is 37.5. The molecule has 1 aliphatic heterocycles. The van der Waals surface area contributed by atoms with Crippen molar-refractivity contribution in [3.8, 4) is 0 Å². The highest BCUT2D eigenvalue weighted by Crippen LogP contribution is 2.42.